The van der Waals surface area contributed by atoms with Gasteiger partial charge in [-0.2, -0.15) is 4.98 Å². The maximum Gasteiger partial charge on any atom is 0.258 e. The fourth-order valence-electron chi connectivity index (χ4n) is 2.88. The number of carbonyl (C=O) groups is 1. The number of hydrogen-bond donors (Lipinski definition) is 2. The molecule has 0 saturated carbocycles. The highest BCUT2D eigenvalue weighted by Crippen LogP contribution is 2.19. The molecule has 0 bridgehead atoms. The lowest BCUT2D eigenvalue weighted by atomic mass is 10.1. The van der Waals surface area contributed by atoms with Crippen molar-refractivity contribution in [3.8, 4) is 0 Å². The SMILES string of the molecule is CCN(C(=O)c1ccc(CNc2cc(Cl)nc(N)n2)cc1)c1cccc(C)c1. The topological polar surface area (TPSA) is 84.1 Å². The van der Waals surface area contributed by atoms with E-state index in [4.69, 9.17) is 17.3 Å². The van der Waals surface area contributed by atoms with Gasteiger partial charge in [0, 0.05) is 30.4 Å². The quantitative estimate of drug-likeness (QED) is 0.608. The van der Waals surface area contributed by atoms with Crippen molar-refractivity contribution in [2.24, 2.45) is 0 Å². The Hall–Kier alpha value is -3.12. The molecular formula is C21H22ClN5O. The van der Waals surface area contributed by atoms with Gasteiger partial charge in [0.25, 0.3) is 5.91 Å². The molecule has 1 heterocycles. The lowest BCUT2D eigenvalue weighted by Crippen LogP contribution is -2.30. The van der Waals surface area contributed by atoms with Gasteiger partial charge in [0.2, 0.25) is 5.95 Å². The van der Waals surface area contributed by atoms with E-state index in [1.54, 1.807) is 11.0 Å². The molecule has 28 heavy (non-hydrogen) atoms. The van der Waals surface area contributed by atoms with Crippen LogP contribution in [0.15, 0.2) is 54.6 Å². The average molecular weight is 396 g/mol. The maximum absolute atomic E-state index is 12.9. The number of nitrogen functional groups attached to an aromatic ring is 1. The summed E-state index contributed by atoms with van der Waals surface area (Å²) in [6.45, 7) is 5.11. The van der Waals surface area contributed by atoms with Crippen LogP contribution in [0.25, 0.3) is 0 Å². The van der Waals surface area contributed by atoms with Gasteiger partial charge >= 0.3 is 0 Å². The third-order valence-electron chi connectivity index (χ3n) is 4.26. The van der Waals surface area contributed by atoms with Gasteiger partial charge in [-0.25, -0.2) is 4.98 Å². The molecule has 0 radical (unpaired) electrons. The van der Waals surface area contributed by atoms with Crippen LogP contribution in [0.4, 0.5) is 17.5 Å². The molecule has 0 spiro atoms. The number of hydrogen-bond acceptors (Lipinski definition) is 5. The van der Waals surface area contributed by atoms with Crippen molar-refractivity contribution in [3.63, 3.8) is 0 Å². The van der Waals surface area contributed by atoms with Crippen molar-refractivity contribution < 1.29 is 4.79 Å². The van der Waals surface area contributed by atoms with Gasteiger partial charge < -0.3 is 16.0 Å². The van der Waals surface area contributed by atoms with E-state index in [1.807, 2.05) is 62.4 Å². The van der Waals surface area contributed by atoms with Crippen LogP contribution in [0.1, 0.15) is 28.4 Å². The Morgan fingerprint density at radius 3 is 2.54 bits per heavy atom. The van der Waals surface area contributed by atoms with Crippen LogP contribution in [0.3, 0.4) is 0 Å². The molecule has 0 saturated heterocycles. The minimum absolute atomic E-state index is 0.0250. The van der Waals surface area contributed by atoms with Crippen LogP contribution in [0, 0.1) is 6.92 Å². The molecule has 1 aromatic heterocycles. The predicted molar refractivity (Wildman–Crippen MR) is 114 cm³/mol. The number of anilines is 3. The fraction of sp³-hybridized carbons (Fsp3) is 0.190. The number of amides is 1. The standard InChI is InChI=1S/C21H22ClN5O/c1-3-27(17-6-4-5-14(2)11-17)20(28)16-9-7-15(8-10-16)13-24-19-12-18(22)25-21(23)26-19/h4-12H,3,13H2,1-2H3,(H3,23,24,25,26). The summed E-state index contributed by atoms with van der Waals surface area (Å²) in [5.74, 6) is 0.643. The summed E-state index contributed by atoms with van der Waals surface area (Å²) in [5.41, 5.74) is 9.26. The number of benzene rings is 2. The molecule has 0 fully saturated rings. The number of rotatable bonds is 6. The molecule has 3 rings (SSSR count). The fourth-order valence-corrected chi connectivity index (χ4v) is 3.07. The van der Waals surface area contributed by atoms with Crippen molar-refractivity contribution in [1.29, 1.82) is 0 Å². The number of aryl methyl sites for hydroxylation is 1. The van der Waals surface area contributed by atoms with Crippen LogP contribution in [0.5, 0.6) is 0 Å². The first kappa shape index (κ1) is 19.6. The number of carbonyl (C=O) groups excluding carboxylic acids is 1. The molecule has 1 amide bonds. The van der Waals surface area contributed by atoms with Gasteiger partial charge in [0.1, 0.15) is 11.0 Å². The summed E-state index contributed by atoms with van der Waals surface area (Å²) in [7, 11) is 0. The van der Waals surface area contributed by atoms with E-state index in [9.17, 15) is 4.79 Å². The zero-order valence-electron chi connectivity index (χ0n) is 15.8. The van der Waals surface area contributed by atoms with E-state index >= 15 is 0 Å². The average Bonchev–Trinajstić information content (AvgIpc) is 2.67. The van der Waals surface area contributed by atoms with E-state index in [-0.39, 0.29) is 17.0 Å². The van der Waals surface area contributed by atoms with Crippen LogP contribution < -0.4 is 16.0 Å². The van der Waals surface area contributed by atoms with E-state index in [0.29, 0.717) is 24.5 Å². The highest BCUT2D eigenvalue weighted by Gasteiger charge is 2.16. The molecule has 0 unspecified atom stereocenters. The summed E-state index contributed by atoms with van der Waals surface area (Å²) in [5, 5.41) is 3.43. The normalized spacial score (nSPS) is 10.5. The Kier molecular flexibility index (Phi) is 6.11. The highest BCUT2D eigenvalue weighted by atomic mass is 35.5. The molecule has 2 aromatic carbocycles. The highest BCUT2D eigenvalue weighted by molar-refractivity contribution is 6.29. The second kappa shape index (κ2) is 8.71. The number of nitrogens with two attached hydrogens (primary N) is 1. The second-order valence-corrected chi connectivity index (χ2v) is 6.76. The summed E-state index contributed by atoms with van der Waals surface area (Å²) in [6, 6.07) is 17.0. The lowest BCUT2D eigenvalue weighted by Gasteiger charge is -2.21. The largest absolute Gasteiger partial charge is 0.368 e. The van der Waals surface area contributed by atoms with Gasteiger partial charge in [0.05, 0.1) is 0 Å². The first-order valence-electron chi connectivity index (χ1n) is 8.97. The molecule has 0 aliphatic rings. The molecule has 0 aliphatic carbocycles. The molecule has 144 valence electrons. The van der Waals surface area contributed by atoms with Crippen LogP contribution >= 0.6 is 11.6 Å². The Morgan fingerprint density at radius 2 is 1.89 bits per heavy atom. The zero-order chi connectivity index (χ0) is 20.1. The van der Waals surface area contributed by atoms with Crippen molar-refractivity contribution in [1.82, 2.24) is 9.97 Å². The van der Waals surface area contributed by atoms with Crippen molar-refractivity contribution in [2.75, 3.05) is 22.5 Å². The molecule has 3 N–H and O–H groups in total. The number of aromatic nitrogens is 2. The van der Waals surface area contributed by atoms with Crippen LogP contribution in [-0.2, 0) is 6.54 Å². The third-order valence-corrected chi connectivity index (χ3v) is 4.46. The maximum atomic E-state index is 12.9. The van der Waals surface area contributed by atoms with Crippen molar-refractivity contribution in [3.05, 3.63) is 76.4 Å². The van der Waals surface area contributed by atoms with Gasteiger partial charge in [-0.05, 0) is 49.2 Å². The molecule has 0 aliphatic heterocycles. The number of nitrogens with one attached hydrogen (secondary N) is 1. The van der Waals surface area contributed by atoms with E-state index in [1.165, 1.54) is 0 Å². The summed E-state index contributed by atoms with van der Waals surface area (Å²) >= 11 is 5.88. The van der Waals surface area contributed by atoms with Crippen molar-refractivity contribution >= 4 is 35.0 Å². The van der Waals surface area contributed by atoms with Crippen molar-refractivity contribution in [2.45, 2.75) is 20.4 Å². The third kappa shape index (κ3) is 4.78. The lowest BCUT2D eigenvalue weighted by molar-refractivity contribution is 0.0988. The zero-order valence-corrected chi connectivity index (χ0v) is 16.6. The van der Waals surface area contributed by atoms with E-state index < -0.39 is 0 Å². The van der Waals surface area contributed by atoms with E-state index in [0.717, 1.165) is 16.8 Å². The van der Waals surface area contributed by atoms with Gasteiger partial charge in [-0.15, -0.1) is 0 Å². The first-order chi connectivity index (χ1) is 13.5. The Bertz CT molecular complexity index is 955. The van der Waals surface area contributed by atoms with Crippen LogP contribution in [0.2, 0.25) is 5.15 Å². The summed E-state index contributed by atoms with van der Waals surface area (Å²) < 4.78 is 0. The molecule has 0 atom stereocenters. The molecule has 6 nitrogen and oxygen atoms in total. The summed E-state index contributed by atoms with van der Waals surface area (Å²) in [4.78, 5) is 22.6. The van der Waals surface area contributed by atoms with Gasteiger partial charge in [-0.3, -0.25) is 4.79 Å². The minimum atomic E-state index is -0.0250. The Labute approximate surface area is 169 Å². The number of halogens is 1. The van der Waals surface area contributed by atoms with Crippen LogP contribution in [-0.4, -0.2) is 22.4 Å². The summed E-state index contributed by atoms with van der Waals surface area (Å²) in [6.07, 6.45) is 0. The molecular weight excluding hydrogens is 374 g/mol. The minimum Gasteiger partial charge on any atom is -0.368 e. The monoisotopic (exact) mass is 395 g/mol. The second-order valence-electron chi connectivity index (χ2n) is 6.37. The Balaban J connectivity index is 1.69. The smallest absolute Gasteiger partial charge is 0.258 e. The predicted octanol–water partition coefficient (Wildman–Crippen LogP) is 4.30. The first-order valence-corrected chi connectivity index (χ1v) is 9.35. The molecule has 3 aromatic rings. The Morgan fingerprint density at radius 1 is 1.14 bits per heavy atom. The van der Waals surface area contributed by atoms with Gasteiger partial charge in [-0.1, -0.05) is 35.9 Å². The van der Waals surface area contributed by atoms with Gasteiger partial charge in [0.15, 0.2) is 0 Å². The van der Waals surface area contributed by atoms with E-state index in [2.05, 4.69) is 15.3 Å². The number of nitrogens with zero attached hydrogens (tertiary/aromatic N) is 3. The molecule has 7 heteroatoms.